The van der Waals surface area contributed by atoms with Crippen molar-refractivity contribution >= 4 is 41.2 Å². The maximum absolute atomic E-state index is 13.6. The molecule has 184 valence electrons. The number of nitrogens with two attached hydrogens (primary N) is 1. The molecular formula is C26H27ClN2O5S. The van der Waals surface area contributed by atoms with Gasteiger partial charge in [-0.3, -0.25) is 14.5 Å². The Kier molecular flexibility index (Phi) is 7.26. The SMILES string of the molecule is CC(C)(C)OC(=O)C1C(=O)N2C(C(=O)OC(c3ccccc3)c3ccccc3)=C(CCl)C(N)S[C@H]12. The highest BCUT2D eigenvalue weighted by Crippen LogP contribution is 2.47. The number of thioether (sulfide) groups is 1. The zero-order valence-corrected chi connectivity index (χ0v) is 21.2. The molecule has 2 heterocycles. The van der Waals surface area contributed by atoms with Crippen LogP contribution in [0.3, 0.4) is 0 Å². The lowest BCUT2D eigenvalue weighted by atomic mass is 9.95. The molecular weight excluding hydrogens is 488 g/mol. The van der Waals surface area contributed by atoms with E-state index in [1.165, 1.54) is 16.7 Å². The minimum Gasteiger partial charge on any atom is -0.459 e. The molecule has 1 fully saturated rings. The monoisotopic (exact) mass is 514 g/mol. The molecule has 0 aliphatic carbocycles. The lowest BCUT2D eigenvalue weighted by molar-refractivity contribution is -0.175. The summed E-state index contributed by atoms with van der Waals surface area (Å²) in [6, 6.07) is 18.6. The fourth-order valence-corrected chi connectivity index (χ4v) is 5.82. The van der Waals surface area contributed by atoms with Crippen molar-refractivity contribution in [2.45, 2.75) is 43.2 Å². The first-order chi connectivity index (χ1) is 16.6. The van der Waals surface area contributed by atoms with Crippen LogP contribution in [0.25, 0.3) is 0 Å². The molecule has 9 heteroatoms. The summed E-state index contributed by atoms with van der Waals surface area (Å²) in [6.45, 7) is 5.19. The van der Waals surface area contributed by atoms with E-state index in [2.05, 4.69) is 0 Å². The van der Waals surface area contributed by atoms with Crippen LogP contribution in [0, 0.1) is 5.92 Å². The van der Waals surface area contributed by atoms with Crippen molar-refractivity contribution in [2.24, 2.45) is 11.7 Å². The highest BCUT2D eigenvalue weighted by molar-refractivity contribution is 8.00. The minimum atomic E-state index is -1.05. The van der Waals surface area contributed by atoms with Gasteiger partial charge < -0.3 is 15.2 Å². The van der Waals surface area contributed by atoms with Gasteiger partial charge >= 0.3 is 11.9 Å². The second-order valence-electron chi connectivity index (χ2n) is 9.28. The second kappa shape index (κ2) is 10.0. The van der Waals surface area contributed by atoms with E-state index >= 15 is 0 Å². The Hall–Kier alpha value is -2.81. The summed E-state index contributed by atoms with van der Waals surface area (Å²) < 4.78 is 11.4. The number of amides is 1. The molecule has 35 heavy (non-hydrogen) atoms. The number of carbonyl (C=O) groups excluding carboxylic acids is 3. The number of β-lactam (4-membered cyclic amide) rings is 1. The second-order valence-corrected chi connectivity index (χ2v) is 10.8. The van der Waals surface area contributed by atoms with E-state index in [-0.39, 0.29) is 11.6 Å². The molecule has 4 rings (SSSR count). The molecule has 1 saturated heterocycles. The normalized spacial score (nSPS) is 21.9. The molecule has 1 amide bonds. The van der Waals surface area contributed by atoms with Gasteiger partial charge in [0.05, 0.1) is 5.37 Å². The summed E-state index contributed by atoms with van der Waals surface area (Å²) >= 11 is 7.37. The van der Waals surface area contributed by atoms with E-state index in [0.717, 1.165) is 11.1 Å². The highest BCUT2D eigenvalue weighted by atomic mass is 35.5. The number of hydrogen-bond acceptors (Lipinski definition) is 7. The van der Waals surface area contributed by atoms with E-state index in [9.17, 15) is 14.4 Å². The van der Waals surface area contributed by atoms with Gasteiger partial charge in [0.1, 0.15) is 16.7 Å². The largest absolute Gasteiger partial charge is 0.459 e. The predicted octanol–water partition coefficient (Wildman–Crippen LogP) is 3.97. The van der Waals surface area contributed by atoms with Gasteiger partial charge in [-0.25, -0.2) is 4.79 Å². The Morgan fingerprint density at radius 3 is 2.09 bits per heavy atom. The Morgan fingerprint density at radius 1 is 1.06 bits per heavy atom. The van der Waals surface area contributed by atoms with Gasteiger partial charge in [-0.2, -0.15) is 0 Å². The van der Waals surface area contributed by atoms with Crippen LogP contribution in [0.1, 0.15) is 38.0 Å². The summed E-state index contributed by atoms with van der Waals surface area (Å²) in [6.07, 6.45) is -0.712. The molecule has 0 aromatic heterocycles. The van der Waals surface area contributed by atoms with Gasteiger partial charge in [-0.1, -0.05) is 60.7 Å². The van der Waals surface area contributed by atoms with E-state index in [4.69, 9.17) is 26.8 Å². The van der Waals surface area contributed by atoms with Gasteiger partial charge in [0, 0.05) is 11.5 Å². The van der Waals surface area contributed by atoms with Crippen molar-refractivity contribution in [2.75, 3.05) is 5.88 Å². The van der Waals surface area contributed by atoms with Crippen LogP contribution >= 0.6 is 23.4 Å². The van der Waals surface area contributed by atoms with Gasteiger partial charge in [0.2, 0.25) is 5.91 Å². The minimum absolute atomic E-state index is 0.00193. The predicted molar refractivity (Wildman–Crippen MR) is 134 cm³/mol. The maximum Gasteiger partial charge on any atom is 0.356 e. The summed E-state index contributed by atoms with van der Waals surface area (Å²) in [5.74, 6) is -3.02. The van der Waals surface area contributed by atoms with Crippen molar-refractivity contribution in [1.82, 2.24) is 4.90 Å². The lowest BCUT2D eigenvalue weighted by Gasteiger charge is -2.50. The number of ether oxygens (including phenoxy) is 2. The molecule has 7 nitrogen and oxygen atoms in total. The highest BCUT2D eigenvalue weighted by Gasteiger charge is 2.59. The Morgan fingerprint density at radius 2 is 1.60 bits per heavy atom. The van der Waals surface area contributed by atoms with E-state index < -0.39 is 46.2 Å². The number of carbonyl (C=O) groups is 3. The number of nitrogens with zero attached hydrogens (tertiary/aromatic N) is 1. The van der Waals surface area contributed by atoms with Crippen molar-refractivity contribution in [1.29, 1.82) is 0 Å². The van der Waals surface area contributed by atoms with Crippen LogP contribution in [-0.4, -0.2) is 45.0 Å². The molecule has 2 unspecified atom stereocenters. The quantitative estimate of drug-likeness (QED) is 0.269. The fourth-order valence-electron chi connectivity index (χ4n) is 4.06. The zero-order valence-electron chi connectivity index (χ0n) is 19.6. The van der Waals surface area contributed by atoms with Crippen molar-refractivity contribution in [3.8, 4) is 0 Å². The summed E-state index contributed by atoms with van der Waals surface area (Å²) in [5.41, 5.74) is 7.49. The Bertz CT molecular complexity index is 1110. The summed E-state index contributed by atoms with van der Waals surface area (Å²) in [5, 5.41) is -1.35. The fraction of sp³-hybridized carbons (Fsp3) is 0.346. The molecule has 3 atom stereocenters. The number of esters is 2. The van der Waals surface area contributed by atoms with Crippen LogP contribution in [0.4, 0.5) is 0 Å². The van der Waals surface area contributed by atoms with Crippen molar-refractivity contribution < 1.29 is 23.9 Å². The number of fused-ring (bicyclic) bond motifs is 1. The average molecular weight is 515 g/mol. The van der Waals surface area contributed by atoms with Gasteiger partial charge in [0.15, 0.2) is 12.0 Å². The lowest BCUT2D eigenvalue weighted by Crippen LogP contribution is -2.66. The van der Waals surface area contributed by atoms with Crippen LogP contribution in [0.15, 0.2) is 71.9 Å². The molecule has 0 radical (unpaired) electrons. The summed E-state index contributed by atoms with van der Waals surface area (Å²) in [4.78, 5) is 40.7. The number of alkyl halides is 1. The summed E-state index contributed by atoms with van der Waals surface area (Å²) in [7, 11) is 0. The standard InChI is InChI=1S/C26H27ClN2O5S/c1-26(2,3)34-24(31)18-22(30)29-19(17(14-27)21(28)35-23(18)29)25(32)33-20(15-10-6-4-7-11-15)16-12-8-5-9-13-16/h4-13,18,20-21,23H,14,28H2,1-3H3/t18?,21?,23-/m1/s1. The van der Waals surface area contributed by atoms with Crippen LogP contribution in [0.5, 0.6) is 0 Å². The van der Waals surface area contributed by atoms with E-state index in [0.29, 0.717) is 5.57 Å². The first kappa shape index (κ1) is 25.3. The molecule has 2 aliphatic heterocycles. The van der Waals surface area contributed by atoms with Crippen LogP contribution < -0.4 is 5.73 Å². The van der Waals surface area contributed by atoms with Crippen LogP contribution in [0.2, 0.25) is 0 Å². The van der Waals surface area contributed by atoms with Crippen molar-refractivity contribution in [3.63, 3.8) is 0 Å². The third-order valence-corrected chi connectivity index (χ3v) is 7.27. The van der Waals surface area contributed by atoms with Crippen molar-refractivity contribution in [3.05, 3.63) is 83.1 Å². The topological polar surface area (TPSA) is 98.9 Å². The Balaban J connectivity index is 1.66. The zero-order chi connectivity index (χ0) is 25.3. The Labute approximate surface area is 213 Å². The molecule has 2 aromatic carbocycles. The molecule has 0 saturated carbocycles. The first-order valence-electron chi connectivity index (χ1n) is 11.2. The average Bonchev–Trinajstić information content (AvgIpc) is 2.81. The van der Waals surface area contributed by atoms with Gasteiger partial charge in [-0.05, 0) is 31.9 Å². The number of rotatable bonds is 6. The van der Waals surface area contributed by atoms with E-state index in [1.54, 1.807) is 20.8 Å². The maximum atomic E-state index is 13.6. The smallest absolute Gasteiger partial charge is 0.356 e. The van der Waals surface area contributed by atoms with Gasteiger partial charge in [0.25, 0.3) is 0 Å². The number of benzene rings is 2. The van der Waals surface area contributed by atoms with E-state index in [1.807, 2.05) is 60.7 Å². The molecule has 0 spiro atoms. The molecule has 0 bridgehead atoms. The number of hydrogen-bond donors (Lipinski definition) is 1. The van der Waals surface area contributed by atoms with Crippen LogP contribution in [-0.2, 0) is 23.9 Å². The third-order valence-electron chi connectivity index (χ3n) is 5.65. The van der Waals surface area contributed by atoms with Gasteiger partial charge in [-0.15, -0.1) is 23.4 Å². The molecule has 2 aromatic rings. The molecule has 2 N–H and O–H groups in total. The first-order valence-corrected chi connectivity index (χ1v) is 12.7. The molecule has 2 aliphatic rings. The number of halogens is 1. The third kappa shape index (κ3) is 5.10.